The smallest absolute Gasteiger partial charge is 0.407 e. The van der Waals surface area contributed by atoms with E-state index in [4.69, 9.17) is 5.11 Å². The van der Waals surface area contributed by atoms with Crippen LogP contribution in [0.1, 0.15) is 24.8 Å². The molecule has 1 aromatic carbocycles. The van der Waals surface area contributed by atoms with Gasteiger partial charge in [0.1, 0.15) is 5.78 Å². The maximum Gasteiger partial charge on any atom is 0.407 e. The van der Waals surface area contributed by atoms with Crippen LogP contribution in [-0.2, 0) is 9.59 Å². The number of piperidine rings is 1. The van der Waals surface area contributed by atoms with Crippen molar-refractivity contribution < 1.29 is 19.5 Å². The Morgan fingerprint density at radius 2 is 1.95 bits per heavy atom. The minimum atomic E-state index is -1.08. The SMILES string of the molecule is CC(C(=O)C1CN(C(=O)O)CCC1=O)c1ccccc1. The number of ketones is 2. The van der Waals surface area contributed by atoms with Crippen molar-refractivity contribution in [3.8, 4) is 0 Å². The minimum absolute atomic E-state index is 0.0236. The van der Waals surface area contributed by atoms with Gasteiger partial charge in [0, 0.05) is 25.4 Å². The lowest BCUT2D eigenvalue weighted by atomic mass is 9.83. The molecule has 20 heavy (non-hydrogen) atoms. The highest BCUT2D eigenvalue weighted by molar-refractivity contribution is 6.06. The van der Waals surface area contributed by atoms with Gasteiger partial charge in [0.15, 0.2) is 5.78 Å². The molecule has 1 aromatic rings. The Balaban J connectivity index is 2.14. The molecule has 0 bridgehead atoms. The lowest BCUT2D eigenvalue weighted by Crippen LogP contribution is -2.47. The Morgan fingerprint density at radius 3 is 2.55 bits per heavy atom. The molecule has 106 valence electrons. The van der Waals surface area contributed by atoms with Gasteiger partial charge in [0.2, 0.25) is 0 Å². The highest BCUT2D eigenvalue weighted by Gasteiger charge is 2.36. The molecule has 1 N–H and O–H groups in total. The number of hydrogen-bond acceptors (Lipinski definition) is 3. The van der Waals surface area contributed by atoms with Gasteiger partial charge in [0.05, 0.1) is 5.92 Å². The molecule has 1 fully saturated rings. The van der Waals surface area contributed by atoms with Gasteiger partial charge < -0.3 is 10.0 Å². The summed E-state index contributed by atoms with van der Waals surface area (Å²) in [5, 5.41) is 8.98. The quantitative estimate of drug-likeness (QED) is 0.855. The third-order valence-electron chi connectivity index (χ3n) is 3.76. The number of carbonyl (C=O) groups is 3. The molecule has 1 amide bonds. The van der Waals surface area contributed by atoms with E-state index in [0.29, 0.717) is 0 Å². The van der Waals surface area contributed by atoms with Gasteiger partial charge in [-0.2, -0.15) is 0 Å². The molecule has 0 aromatic heterocycles. The Kier molecular flexibility index (Phi) is 4.17. The molecule has 5 nitrogen and oxygen atoms in total. The topological polar surface area (TPSA) is 74.7 Å². The zero-order chi connectivity index (χ0) is 14.7. The van der Waals surface area contributed by atoms with Gasteiger partial charge in [-0.15, -0.1) is 0 Å². The molecule has 2 unspecified atom stereocenters. The highest BCUT2D eigenvalue weighted by atomic mass is 16.4. The van der Waals surface area contributed by atoms with E-state index in [1.807, 2.05) is 30.3 Å². The Labute approximate surface area is 117 Å². The first-order valence-electron chi connectivity index (χ1n) is 6.60. The summed E-state index contributed by atoms with van der Waals surface area (Å²) in [7, 11) is 0. The first-order chi connectivity index (χ1) is 9.50. The second-order valence-electron chi connectivity index (χ2n) is 5.03. The number of amides is 1. The Bertz CT molecular complexity index is 526. The van der Waals surface area contributed by atoms with Crippen molar-refractivity contribution in [2.75, 3.05) is 13.1 Å². The maximum atomic E-state index is 12.4. The van der Waals surface area contributed by atoms with Crippen molar-refractivity contribution in [2.45, 2.75) is 19.3 Å². The highest BCUT2D eigenvalue weighted by Crippen LogP contribution is 2.24. The van der Waals surface area contributed by atoms with Gasteiger partial charge >= 0.3 is 6.09 Å². The molecular weight excluding hydrogens is 258 g/mol. The molecule has 0 saturated carbocycles. The van der Waals surface area contributed by atoms with E-state index >= 15 is 0 Å². The van der Waals surface area contributed by atoms with Crippen molar-refractivity contribution in [3.63, 3.8) is 0 Å². The predicted molar refractivity (Wildman–Crippen MR) is 72.6 cm³/mol. The van der Waals surface area contributed by atoms with Crippen LogP contribution in [0.15, 0.2) is 30.3 Å². The number of nitrogens with zero attached hydrogens (tertiary/aromatic N) is 1. The standard InChI is InChI=1S/C15H17NO4/c1-10(11-5-3-2-4-6-11)14(18)12-9-16(15(19)20)8-7-13(12)17/h2-6,10,12H,7-9H2,1H3,(H,19,20). The molecular formula is C15H17NO4. The van der Waals surface area contributed by atoms with Crippen LogP contribution >= 0.6 is 0 Å². The summed E-state index contributed by atoms with van der Waals surface area (Å²) in [6.07, 6.45) is -0.966. The average Bonchev–Trinajstić information content (AvgIpc) is 2.47. The summed E-state index contributed by atoms with van der Waals surface area (Å²) in [4.78, 5) is 36.4. The fourth-order valence-corrected chi connectivity index (χ4v) is 2.46. The van der Waals surface area contributed by atoms with E-state index in [-0.39, 0.29) is 31.1 Å². The molecule has 1 aliphatic heterocycles. The van der Waals surface area contributed by atoms with Crippen molar-refractivity contribution in [3.05, 3.63) is 35.9 Å². The summed E-state index contributed by atoms with van der Waals surface area (Å²) < 4.78 is 0. The van der Waals surface area contributed by atoms with Crippen molar-refractivity contribution >= 4 is 17.7 Å². The fourth-order valence-electron chi connectivity index (χ4n) is 2.46. The van der Waals surface area contributed by atoms with E-state index < -0.39 is 17.9 Å². The largest absolute Gasteiger partial charge is 0.465 e. The number of carboxylic acid groups (broad SMARTS) is 1. The number of carbonyl (C=O) groups excluding carboxylic acids is 2. The van der Waals surface area contributed by atoms with Gasteiger partial charge in [-0.05, 0) is 5.56 Å². The van der Waals surface area contributed by atoms with E-state index in [9.17, 15) is 14.4 Å². The summed E-state index contributed by atoms with van der Waals surface area (Å²) in [5.41, 5.74) is 0.845. The third-order valence-corrected chi connectivity index (χ3v) is 3.76. The van der Waals surface area contributed by atoms with E-state index in [1.165, 1.54) is 0 Å². The summed E-state index contributed by atoms with van der Waals surface area (Å²) >= 11 is 0. The molecule has 0 spiro atoms. The number of likely N-dealkylation sites (tertiary alicyclic amines) is 1. The molecule has 1 saturated heterocycles. The van der Waals surface area contributed by atoms with Gasteiger partial charge in [-0.25, -0.2) is 4.79 Å². The molecule has 1 heterocycles. The van der Waals surface area contributed by atoms with Crippen LogP contribution in [0.2, 0.25) is 0 Å². The summed E-state index contributed by atoms with van der Waals surface area (Å²) in [6.45, 7) is 1.91. The first-order valence-corrected chi connectivity index (χ1v) is 6.60. The van der Waals surface area contributed by atoms with Crippen LogP contribution < -0.4 is 0 Å². The van der Waals surface area contributed by atoms with Gasteiger partial charge in [-0.3, -0.25) is 9.59 Å². The van der Waals surface area contributed by atoms with Crippen molar-refractivity contribution in [1.29, 1.82) is 0 Å². The minimum Gasteiger partial charge on any atom is -0.465 e. The monoisotopic (exact) mass is 275 g/mol. The number of hydrogen-bond donors (Lipinski definition) is 1. The number of benzene rings is 1. The molecule has 1 aliphatic rings. The lowest BCUT2D eigenvalue weighted by molar-refractivity contribution is -0.136. The molecule has 2 atom stereocenters. The Hall–Kier alpha value is -2.17. The number of Topliss-reactive ketones (excluding diaryl/α,β-unsaturated/α-hetero) is 2. The zero-order valence-electron chi connectivity index (χ0n) is 11.3. The molecule has 0 radical (unpaired) electrons. The maximum absolute atomic E-state index is 12.4. The molecule has 5 heteroatoms. The molecule has 2 rings (SSSR count). The van der Waals surface area contributed by atoms with Crippen molar-refractivity contribution in [1.82, 2.24) is 4.90 Å². The van der Waals surface area contributed by atoms with Gasteiger partial charge in [0.25, 0.3) is 0 Å². The third kappa shape index (κ3) is 2.87. The normalized spacial score (nSPS) is 20.6. The van der Waals surface area contributed by atoms with E-state index in [0.717, 1.165) is 10.5 Å². The zero-order valence-corrected chi connectivity index (χ0v) is 11.3. The number of rotatable bonds is 3. The summed E-state index contributed by atoms with van der Waals surface area (Å²) in [5.74, 6) is -1.60. The molecule has 0 aliphatic carbocycles. The predicted octanol–water partition coefficient (Wildman–Crippen LogP) is 1.93. The second-order valence-corrected chi connectivity index (χ2v) is 5.03. The van der Waals surface area contributed by atoms with Crippen LogP contribution in [0.4, 0.5) is 4.79 Å². The second kappa shape index (κ2) is 5.86. The van der Waals surface area contributed by atoms with Crippen LogP contribution in [-0.4, -0.2) is 40.8 Å². The average molecular weight is 275 g/mol. The van der Waals surface area contributed by atoms with E-state index in [2.05, 4.69) is 0 Å². The van der Waals surface area contributed by atoms with E-state index in [1.54, 1.807) is 6.92 Å². The fraction of sp³-hybridized carbons (Fsp3) is 0.400. The van der Waals surface area contributed by atoms with Crippen LogP contribution in [0.5, 0.6) is 0 Å². The van der Waals surface area contributed by atoms with Crippen molar-refractivity contribution in [2.24, 2.45) is 5.92 Å². The first kappa shape index (κ1) is 14.2. The van der Waals surface area contributed by atoms with Crippen LogP contribution in [0.25, 0.3) is 0 Å². The Morgan fingerprint density at radius 1 is 1.30 bits per heavy atom. The lowest BCUT2D eigenvalue weighted by Gasteiger charge is -2.30. The van der Waals surface area contributed by atoms with Gasteiger partial charge in [-0.1, -0.05) is 37.3 Å². The van der Waals surface area contributed by atoms with Crippen LogP contribution in [0, 0.1) is 5.92 Å². The van der Waals surface area contributed by atoms with Crippen LogP contribution in [0.3, 0.4) is 0 Å². The summed E-state index contributed by atoms with van der Waals surface area (Å²) in [6, 6.07) is 9.21.